The smallest absolute Gasteiger partial charge is 0.242 e. The van der Waals surface area contributed by atoms with Crippen LogP contribution in [0.3, 0.4) is 0 Å². The van der Waals surface area contributed by atoms with E-state index in [1.165, 1.54) is 11.8 Å². The second-order valence-corrected chi connectivity index (χ2v) is 9.10. The Bertz CT molecular complexity index is 1270. The van der Waals surface area contributed by atoms with Crippen molar-refractivity contribution in [2.75, 3.05) is 12.4 Å². The number of nitrogens with one attached hydrogen (secondary N) is 1. The minimum absolute atomic E-state index is 0.106. The van der Waals surface area contributed by atoms with Crippen LogP contribution in [-0.4, -0.2) is 27.8 Å². The highest BCUT2D eigenvalue weighted by atomic mass is 32.2. The normalized spacial score (nSPS) is 11.8. The van der Waals surface area contributed by atoms with Gasteiger partial charge < -0.3 is 14.6 Å². The first-order valence-corrected chi connectivity index (χ1v) is 12.1. The molecule has 174 valence electrons. The first kappa shape index (κ1) is 23.6. The molecule has 3 aromatic carbocycles. The van der Waals surface area contributed by atoms with Crippen molar-refractivity contribution in [1.29, 1.82) is 0 Å². The van der Waals surface area contributed by atoms with E-state index in [0.29, 0.717) is 17.5 Å². The van der Waals surface area contributed by atoms with Crippen LogP contribution in [-0.2, 0) is 11.3 Å². The number of ether oxygens (including phenoxy) is 1. The van der Waals surface area contributed by atoms with Gasteiger partial charge >= 0.3 is 0 Å². The van der Waals surface area contributed by atoms with Crippen LogP contribution in [0.15, 0.2) is 78.0 Å². The molecule has 1 aromatic heterocycles. The van der Waals surface area contributed by atoms with Crippen LogP contribution < -0.4 is 10.1 Å². The number of thioether (sulfide) groups is 1. The number of aromatic nitrogens is 3. The SMILES string of the molecule is CCn1c(SC(C(=O)Nc2cc(C)cc(C)c2)c2ccccc2)nnc1-c1ccccc1OC. The molecule has 1 amide bonds. The number of nitrogens with zero attached hydrogens (tertiary/aromatic N) is 3. The molecule has 0 saturated heterocycles. The average molecular weight is 473 g/mol. The maximum absolute atomic E-state index is 13.5. The van der Waals surface area contributed by atoms with Crippen molar-refractivity contribution >= 4 is 23.4 Å². The number of benzene rings is 3. The average Bonchev–Trinajstić information content (AvgIpc) is 3.24. The Morgan fingerprint density at radius 2 is 1.68 bits per heavy atom. The van der Waals surface area contributed by atoms with Gasteiger partial charge in [-0.2, -0.15) is 0 Å². The molecule has 34 heavy (non-hydrogen) atoms. The van der Waals surface area contributed by atoms with Crippen molar-refractivity contribution in [3.8, 4) is 17.1 Å². The van der Waals surface area contributed by atoms with Crippen LogP contribution in [0, 0.1) is 13.8 Å². The number of carbonyl (C=O) groups excluding carboxylic acids is 1. The number of hydrogen-bond acceptors (Lipinski definition) is 5. The fourth-order valence-corrected chi connectivity index (χ4v) is 5.05. The number of carbonyl (C=O) groups is 1. The summed E-state index contributed by atoms with van der Waals surface area (Å²) in [5, 5.41) is 12.2. The van der Waals surface area contributed by atoms with Crippen LogP contribution in [0.2, 0.25) is 0 Å². The molecule has 4 rings (SSSR count). The van der Waals surface area contributed by atoms with E-state index in [0.717, 1.165) is 33.7 Å². The third kappa shape index (κ3) is 5.15. The summed E-state index contributed by atoms with van der Waals surface area (Å²) >= 11 is 1.39. The Morgan fingerprint density at radius 3 is 2.35 bits per heavy atom. The maximum atomic E-state index is 13.5. The minimum Gasteiger partial charge on any atom is -0.496 e. The Labute approximate surface area is 204 Å². The summed E-state index contributed by atoms with van der Waals surface area (Å²) in [7, 11) is 1.64. The first-order chi connectivity index (χ1) is 16.5. The summed E-state index contributed by atoms with van der Waals surface area (Å²) in [4.78, 5) is 13.5. The van der Waals surface area contributed by atoms with E-state index in [-0.39, 0.29) is 5.91 Å². The lowest BCUT2D eigenvalue weighted by Gasteiger charge is -2.18. The molecule has 0 bridgehead atoms. The Kier molecular flexibility index (Phi) is 7.33. The van der Waals surface area contributed by atoms with Crippen LogP contribution >= 0.6 is 11.8 Å². The molecule has 0 spiro atoms. The van der Waals surface area contributed by atoms with E-state index >= 15 is 0 Å². The van der Waals surface area contributed by atoms with E-state index in [9.17, 15) is 4.79 Å². The Balaban J connectivity index is 1.69. The van der Waals surface area contributed by atoms with Crippen LogP contribution in [0.5, 0.6) is 5.75 Å². The Morgan fingerprint density at radius 1 is 1.00 bits per heavy atom. The molecule has 6 nitrogen and oxygen atoms in total. The van der Waals surface area contributed by atoms with Crippen molar-refractivity contribution in [3.05, 3.63) is 89.5 Å². The summed E-state index contributed by atoms with van der Waals surface area (Å²) in [6.07, 6.45) is 0. The molecule has 0 radical (unpaired) electrons. The number of hydrogen-bond donors (Lipinski definition) is 1. The lowest BCUT2D eigenvalue weighted by Crippen LogP contribution is -2.19. The molecule has 0 fully saturated rings. The van der Waals surface area contributed by atoms with E-state index in [1.54, 1.807) is 7.11 Å². The van der Waals surface area contributed by atoms with Crippen LogP contribution in [0.1, 0.15) is 28.9 Å². The minimum atomic E-state index is -0.498. The number of anilines is 1. The molecular formula is C27H28N4O2S. The number of rotatable bonds is 8. The predicted octanol–water partition coefficient (Wildman–Crippen LogP) is 6.06. The van der Waals surface area contributed by atoms with Gasteiger partial charge in [-0.25, -0.2) is 0 Å². The number of aryl methyl sites for hydroxylation is 2. The van der Waals surface area contributed by atoms with Gasteiger partial charge in [0.25, 0.3) is 0 Å². The molecule has 0 saturated carbocycles. The summed E-state index contributed by atoms with van der Waals surface area (Å²) < 4.78 is 7.55. The fraction of sp³-hybridized carbons (Fsp3) is 0.222. The highest BCUT2D eigenvalue weighted by Gasteiger charge is 2.26. The molecule has 0 aliphatic heterocycles. The molecular weight excluding hydrogens is 444 g/mol. The molecule has 1 unspecified atom stereocenters. The monoisotopic (exact) mass is 472 g/mol. The standard InChI is InChI=1S/C27H28N4O2S/c1-5-31-25(22-13-9-10-14-23(22)33-4)29-30-27(31)34-24(20-11-7-6-8-12-20)26(32)28-21-16-18(2)15-19(3)17-21/h6-17,24H,5H2,1-4H3,(H,28,32). The third-order valence-corrected chi connectivity index (χ3v) is 6.67. The molecule has 0 aliphatic carbocycles. The summed E-state index contributed by atoms with van der Waals surface area (Å²) in [6.45, 7) is 6.74. The quantitative estimate of drug-likeness (QED) is 0.316. The van der Waals surface area contributed by atoms with Gasteiger partial charge in [0, 0.05) is 12.2 Å². The van der Waals surface area contributed by atoms with Gasteiger partial charge in [-0.05, 0) is 61.7 Å². The molecule has 1 heterocycles. The highest BCUT2D eigenvalue weighted by molar-refractivity contribution is 8.00. The predicted molar refractivity (Wildman–Crippen MR) is 137 cm³/mol. The number of amides is 1. The van der Waals surface area contributed by atoms with E-state index in [4.69, 9.17) is 4.74 Å². The van der Waals surface area contributed by atoms with Gasteiger partial charge in [0.15, 0.2) is 11.0 Å². The summed E-state index contributed by atoms with van der Waals surface area (Å²) in [6, 6.07) is 23.5. The summed E-state index contributed by atoms with van der Waals surface area (Å²) in [5.74, 6) is 1.34. The van der Waals surface area contributed by atoms with Gasteiger partial charge in [0.2, 0.25) is 5.91 Å². The molecule has 0 aliphatic rings. The highest BCUT2D eigenvalue weighted by Crippen LogP contribution is 2.38. The second-order valence-electron chi connectivity index (χ2n) is 8.02. The molecule has 1 N–H and O–H groups in total. The lowest BCUT2D eigenvalue weighted by molar-refractivity contribution is -0.115. The van der Waals surface area contributed by atoms with Crippen molar-refractivity contribution in [2.24, 2.45) is 0 Å². The maximum Gasteiger partial charge on any atom is 0.242 e. The van der Waals surface area contributed by atoms with Crippen molar-refractivity contribution in [3.63, 3.8) is 0 Å². The van der Waals surface area contributed by atoms with Crippen LogP contribution in [0.4, 0.5) is 5.69 Å². The van der Waals surface area contributed by atoms with E-state index < -0.39 is 5.25 Å². The molecule has 7 heteroatoms. The first-order valence-electron chi connectivity index (χ1n) is 11.2. The van der Waals surface area contributed by atoms with Crippen molar-refractivity contribution in [2.45, 2.75) is 37.7 Å². The third-order valence-electron chi connectivity index (χ3n) is 5.43. The number of methoxy groups -OCH3 is 1. The van der Waals surface area contributed by atoms with Gasteiger partial charge in [0.1, 0.15) is 11.0 Å². The van der Waals surface area contributed by atoms with E-state index in [1.807, 2.05) is 92.1 Å². The lowest BCUT2D eigenvalue weighted by atomic mass is 10.1. The molecule has 4 aromatic rings. The Hall–Kier alpha value is -3.58. The summed E-state index contributed by atoms with van der Waals surface area (Å²) in [5.41, 5.74) is 4.76. The van der Waals surface area contributed by atoms with E-state index in [2.05, 4.69) is 21.6 Å². The van der Waals surface area contributed by atoms with Gasteiger partial charge in [-0.15, -0.1) is 10.2 Å². The van der Waals surface area contributed by atoms with Crippen molar-refractivity contribution in [1.82, 2.24) is 14.8 Å². The zero-order valence-corrected chi connectivity index (χ0v) is 20.6. The van der Waals surface area contributed by atoms with Gasteiger partial charge in [0.05, 0.1) is 12.7 Å². The number of para-hydroxylation sites is 1. The molecule has 1 atom stereocenters. The fourth-order valence-electron chi connectivity index (χ4n) is 3.95. The van der Waals surface area contributed by atoms with Gasteiger partial charge in [-0.3, -0.25) is 4.79 Å². The topological polar surface area (TPSA) is 69.0 Å². The zero-order valence-electron chi connectivity index (χ0n) is 19.8. The largest absolute Gasteiger partial charge is 0.496 e. The van der Waals surface area contributed by atoms with Gasteiger partial charge in [-0.1, -0.05) is 60.3 Å². The zero-order chi connectivity index (χ0) is 24.1. The van der Waals surface area contributed by atoms with Crippen LogP contribution in [0.25, 0.3) is 11.4 Å². The second kappa shape index (κ2) is 10.6. The van der Waals surface area contributed by atoms with Crippen molar-refractivity contribution < 1.29 is 9.53 Å².